The number of hydrogen-bond acceptors (Lipinski definition) is 6. The number of methoxy groups -OCH3 is 1. The van der Waals surface area contributed by atoms with E-state index in [2.05, 4.69) is 14.8 Å². The lowest BCUT2D eigenvalue weighted by Gasteiger charge is -2.28. The van der Waals surface area contributed by atoms with Gasteiger partial charge in [-0.05, 0) is 31.2 Å². The minimum absolute atomic E-state index is 0.141. The molecule has 0 N–H and O–H groups in total. The summed E-state index contributed by atoms with van der Waals surface area (Å²) < 4.78 is 33.8. The third-order valence-corrected chi connectivity index (χ3v) is 6.51. The Labute approximate surface area is 156 Å². The van der Waals surface area contributed by atoms with Crippen molar-refractivity contribution in [3.8, 4) is 0 Å². The van der Waals surface area contributed by atoms with Crippen LogP contribution in [0, 0.1) is 6.92 Å². The first kappa shape index (κ1) is 17.6. The number of rotatable bonds is 3. The zero-order valence-corrected chi connectivity index (χ0v) is 15.7. The van der Waals surface area contributed by atoms with E-state index in [1.165, 1.54) is 35.7 Å². The van der Waals surface area contributed by atoms with Gasteiger partial charge in [0.1, 0.15) is 0 Å². The molecule has 0 unspecified atom stereocenters. The molecule has 0 bridgehead atoms. The molecular weight excluding hydrogens is 368 g/mol. The van der Waals surface area contributed by atoms with E-state index in [0.29, 0.717) is 18.5 Å². The fourth-order valence-corrected chi connectivity index (χ4v) is 4.68. The molecule has 8 nitrogen and oxygen atoms in total. The molecular formula is C18H18N4O4S. The highest BCUT2D eigenvalue weighted by atomic mass is 32.2. The van der Waals surface area contributed by atoms with E-state index in [1.54, 1.807) is 10.7 Å². The third-order valence-electron chi connectivity index (χ3n) is 4.65. The molecule has 4 rings (SSSR count). The van der Waals surface area contributed by atoms with Gasteiger partial charge in [0.05, 0.1) is 29.0 Å². The molecule has 27 heavy (non-hydrogen) atoms. The highest BCUT2D eigenvalue weighted by Gasteiger charge is 2.30. The van der Waals surface area contributed by atoms with Crippen LogP contribution < -0.4 is 0 Å². The summed E-state index contributed by atoms with van der Waals surface area (Å²) in [5, 5.41) is 4.45. The Morgan fingerprint density at radius 3 is 2.67 bits per heavy atom. The summed E-state index contributed by atoms with van der Waals surface area (Å²) in [6, 6.07) is 7.65. The van der Waals surface area contributed by atoms with Crippen molar-refractivity contribution in [2.24, 2.45) is 0 Å². The van der Waals surface area contributed by atoms with Gasteiger partial charge < -0.3 is 4.74 Å². The first-order valence-corrected chi connectivity index (χ1v) is 9.86. The van der Waals surface area contributed by atoms with Gasteiger partial charge in [0.25, 0.3) is 0 Å². The Kier molecular flexibility index (Phi) is 4.20. The van der Waals surface area contributed by atoms with Gasteiger partial charge in [-0.1, -0.05) is 0 Å². The van der Waals surface area contributed by atoms with Crippen LogP contribution in [0.25, 0.3) is 5.65 Å². The summed E-state index contributed by atoms with van der Waals surface area (Å²) in [7, 11) is -2.40. The number of sulfonamides is 1. The molecule has 0 saturated carbocycles. The Balaban J connectivity index is 1.64. The maximum absolute atomic E-state index is 13.0. The van der Waals surface area contributed by atoms with Gasteiger partial charge >= 0.3 is 5.97 Å². The van der Waals surface area contributed by atoms with Gasteiger partial charge in [-0.15, -0.1) is 0 Å². The molecule has 1 aliphatic heterocycles. The Bertz CT molecular complexity index is 1140. The highest BCUT2D eigenvalue weighted by molar-refractivity contribution is 7.89. The quantitative estimate of drug-likeness (QED) is 0.634. The molecule has 2 aromatic heterocycles. The normalized spacial score (nSPS) is 14.9. The average molecular weight is 386 g/mol. The van der Waals surface area contributed by atoms with E-state index in [9.17, 15) is 13.2 Å². The van der Waals surface area contributed by atoms with Crippen molar-refractivity contribution in [3.63, 3.8) is 0 Å². The van der Waals surface area contributed by atoms with Gasteiger partial charge in [0.15, 0.2) is 5.65 Å². The molecule has 3 aromatic rings. The predicted octanol–water partition coefficient (Wildman–Crippen LogP) is 1.57. The molecule has 0 spiro atoms. The fraction of sp³-hybridized carbons (Fsp3) is 0.278. The predicted molar refractivity (Wildman–Crippen MR) is 96.8 cm³/mol. The van der Waals surface area contributed by atoms with Crippen LogP contribution in [0.2, 0.25) is 0 Å². The van der Waals surface area contributed by atoms with Gasteiger partial charge in [-0.2, -0.15) is 9.40 Å². The van der Waals surface area contributed by atoms with Crippen LogP contribution in [-0.2, 0) is 27.7 Å². The maximum Gasteiger partial charge on any atom is 0.337 e. The van der Waals surface area contributed by atoms with Crippen LogP contribution in [0.3, 0.4) is 0 Å². The standard InChI is InChI=1S/C18H18N4O4S/c1-12-9-17-19-10-14-11-21(8-7-16(14)22(17)20-12)27(24,25)15-5-3-13(4-6-15)18(23)26-2/h3-6,9-10H,7-8,11H2,1-2H3. The van der Waals surface area contributed by atoms with Crippen LogP contribution in [0.15, 0.2) is 41.4 Å². The summed E-state index contributed by atoms with van der Waals surface area (Å²) in [4.78, 5) is 16.0. The van der Waals surface area contributed by atoms with E-state index in [-0.39, 0.29) is 11.4 Å². The summed E-state index contributed by atoms with van der Waals surface area (Å²) >= 11 is 0. The Morgan fingerprint density at radius 2 is 1.96 bits per heavy atom. The van der Waals surface area contributed by atoms with Crippen LogP contribution in [0.5, 0.6) is 0 Å². The van der Waals surface area contributed by atoms with E-state index in [0.717, 1.165) is 22.6 Å². The first-order valence-electron chi connectivity index (χ1n) is 8.42. The van der Waals surface area contributed by atoms with Crippen LogP contribution in [0.4, 0.5) is 0 Å². The van der Waals surface area contributed by atoms with Gasteiger partial charge in [-0.3, -0.25) is 0 Å². The van der Waals surface area contributed by atoms with Crippen LogP contribution >= 0.6 is 0 Å². The number of carbonyl (C=O) groups is 1. The highest BCUT2D eigenvalue weighted by Crippen LogP contribution is 2.25. The van der Waals surface area contributed by atoms with E-state index >= 15 is 0 Å². The van der Waals surface area contributed by atoms with E-state index in [1.807, 2.05) is 13.0 Å². The Morgan fingerprint density at radius 1 is 1.22 bits per heavy atom. The lowest BCUT2D eigenvalue weighted by Crippen LogP contribution is -2.37. The number of carbonyl (C=O) groups excluding carboxylic acids is 1. The van der Waals surface area contributed by atoms with Crippen molar-refractivity contribution in [3.05, 3.63) is 59.0 Å². The van der Waals surface area contributed by atoms with Crippen molar-refractivity contribution < 1.29 is 17.9 Å². The molecule has 9 heteroatoms. The number of aromatic nitrogens is 3. The van der Waals surface area contributed by atoms with Crippen molar-refractivity contribution in [2.45, 2.75) is 24.8 Å². The summed E-state index contributed by atoms with van der Waals surface area (Å²) in [5.41, 5.74) is 3.77. The SMILES string of the molecule is COC(=O)c1ccc(S(=O)(=O)N2CCc3c(cnc4cc(C)nn34)C2)cc1. The van der Waals surface area contributed by atoms with Crippen molar-refractivity contribution >= 4 is 21.6 Å². The zero-order valence-electron chi connectivity index (χ0n) is 14.9. The molecule has 0 atom stereocenters. The number of esters is 1. The molecule has 0 radical (unpaired) electrons. The average Bonchev–Trinajstić information content (AvgIpc) is 3.07. The van der Waals surface area contributed by atoms with Gasteiger partial charge in [0.2, 0.25) is 10.0 Å². The maximum atomic E-state index is 13.0. The van der Waals surface area contributed by atoms with Crippen molar-refractivity contribution in [1.82, 2.24) is 18.9 Å². The molecule has 3 heterocycles. The van der Waals surface area contributed by atoms with Crippen LogP contribution in [-0.4, -0.2) is 46.9 Å². The first-order chi connectivity index (χ1) is 12.9. The van der Waals surface area contributed by atoms with E-state index < -0.39 is 16.0 Å². The topological polar surface area (TPSA) is 93.9 Å². The summed E-state index contributed by atoms with van der Waals surface area (Å²) in [5.74, 6) is -0.504. The summed E-state index contributed by atoms with van der Waals surface area (Å²) in [6.45, 7) is 2.49. The molecule has 0 aliphatic carbocycles. The smallest absolute Gasteiger partial charge is 0.337 e. The molecule has 1 aromatic carbocycles. The fourth-order valence-electron chi connectivity index (χ4n) is 3.26. The number of nitrogens with zero attached hydrogens (tertiary/aromatic N) is 4. The number of ether oxygens (including phenoxy) is 1. The van der Waals surface area contributed by atoms with Crippen molar-refractivity contribution in [1.29, 1.82) is 0 Å². The second-order valence-electron chi connectivity index (χ2n) is 6.39. The lowest BCUT2D eigenvalue weighted by atomic mass is 10.1. The van der Waals surface area contributed by atoms with Crippen molar-refractivity contribution in [2.75, 3.05) is 13.7 Å². The van der Waals surface area contributed by atoms with Gasteiger partial charge in [0, 0.05) is 37.3 Å². The monoisotopic (exact) mass is 386 g/mol. The number of hydrogen-bond donors (Lipinski definition) is 0. The number of aryl methyl sites for hydroxylation is 1. The molecule has 140 valence electrons. The molecule has 0 amide bonds. The lowest BCUT2D eigenvalue weighted by molar-refractivity contribution is 0.0600. The van der Waals surface area contributed by atoms with E-state index in [4.69, 9.17) is 0 Å². The Hall–Kier alpha value is -2.78. The summed E-state index contributed by atoms with van der Waals surface area (Å²) in [6.07, 6.45) is 2.27. The molecule has 0 fully saturated rings. The van der Waals surface area contributed by atoms with Gasteiger partial charge in [-0.25, -0.2) is 22.7 Å². The number of fused-ring (bicyclic) bond motifs is 3. The third kappa shape index (κ3) is 2.98. The zero-order chi connectivity index (χ0) is 19.2. The molecule has 1 aliphatic rings. The van der Waals surface area contributed by atoms with Crippen LogP contribution in [0.1, 0.15) is 27.3 Å². The minimum Gasteiger partial charge on any atom is -0.465 e. The second-order valence-corrected chi connectivity index (χ2v) is 8.33. The number of benzene rings is 1. The minimum atomic E-state index is -3.68. The second kappa shape index (κ2) is 6.43. The largest absolute Gasteiger partial charge is 0.465 e. The molecule has 0 saturated heterocycles.